The van der Waals surface area contributed by atoms with Gasteiger partial charge in [0.05, 0.1) is 5.69 Å². The number of hydrazine groups is 1. The van der Waals surface area contributed by atoms with E-state index >= 15 is 0 Å². The quantitative estimate of drug-likeness (QED) is 0.482. The molecule has 0 unspecified atom stereocenters. The summed E-state index contributed by atoms with van der Waals surface area (Å²) >= 11 is 0. The van der Waals surface area contributed by atoms with Crippen LogP contribution in [0.1, 0.15) is 5.69 Å². The molecule has 2 heterocycles. The SMILES string of the molecule is Nc1ncnc2c1NNC=C2. The molecule has 0 atom stereocenters. The number of nitrogen functional groups attached to an aromatic ring is 1. The van der Waals surface area contributed by atoms with E-state index in [1.54, 1.807) is 6.20 Å². The Morgan fingerprint density at radius 1 is 1.36 bits per heavy atom. The molecule has 0 saturated heterocycles. The van der Waals surface area contributed by atoms with Crippen LogP contribution in [0.2, 0.25) is 0 Å². The second-order valence-corrected chi connectivity index (χ2v) is 2.12. The minimum absolute atomic E-state index is 0.451. The second kappa shape index (κ2) is 2.12. The Kier molecular flexibility index (Phi) is 1.15. The lowest BCUT2D eigenvalue weighted by molar-refractivity contribution is 1.02. The molecule has 0 fully saturated rings. The van der Waals surface area contributed by atoms with Crippen molar-refractivity contribution in [1.29, 1.82) is 0 Å². The van der Waals surface area contributed by atoms with Gasteiger partial charge in [-0.3, -0.25) is 5.43 Å². The molecule has 5 nitrogen and oxygen atoms in total. The maximum atomic E-state index is 5.55. The Labute approximate surface area is 63.3 Å². The standard InChI is InChI=1S/C6H7N5/c7-6-5-4(8-3-9-6)1-2-10-11-5/h1-3,10-11H,(H2,7,8,9). The third-order valence-corrected chi connectivity index (χ3v) is 1.43. The van der Waals surface area contributed by atoms with Gasteiger partial charge in [0.1, 0.15) is 12.0 Å². The summed E-state index contributed by atoms with van der Waals surface area (Å²) in [6.45, 7) is 0. The van der Waals surface area contributed by atoms with Crippen molar-refractivity contribution in [3.8, 4) is 0 Å². The van der Waals surface area contributed by atoms with Crippen molar-refractivity contribution in [2.24, 2.45) is 0 Å². The van der Waals surface area contributed by atoms with Gasteiger partial charge in [0.2, 0.25) is 0 Å². The predicted octanol–water partition coefficient (Wildman–Crippen LogP) is -0.0404. The highest BCUT2D eigenvalue weighted by Gasteiger charge is 2.07. The molecule has 2 rings (SSSR count). The van der Waals surface area contributed by atoms with Crippen LogP contribution in [0.5, 0.6) is 0 Å². The summed E-state index contributed by atoms with van der Waals surface area (Å²) < 4.78 is 0. The molecule has 0 bridgehead atoms. The van der Waals surface area contributed by atoms with Crippen LogP contribution in [0.3, 0.4) is 0 Å². The molecular weight excluding hydrogens is 142 g/mol. The van der Waals surface area contributed by atoms with E-state index in [2.05, 4.69) is 20.8 Å². The molecule has 1 aliphatic rings. The summed E-state index contributed by atoms with van der Waals surface area (Å²) in [5.74, 6) is 0.451. The molecule has 0 aliphatic carbocycles. The maximum absolute atomic E-state index is 5.55. The van der Waals surface area contributed by atoms with Crippen molar-refractivity contribution in [2.75, 3.05) is 11.2 Å². The van der Waals surface area contributed by atoms with Gasteiger partial charge in [-0.05, 0) is 6.08 Å². The number of aromatic nitrogens is 2. The fourth-order valence-electron chi connectivity index (χ4n) is 0.902. The highest BCUT2D eigenvalue weighted by Crippen LogP contribution is 2.20. The van der Waals surface area contributed by atoms with Crippen molar-refractivity contribution < 1.29 is 0 Å². The minimum Gasteiger partial charge on any atom is -0.382 e. The van der Waals surface area contributed by atoms with Crippen LogP contribution in [-0.2, 0) is 0 Å². The number of nitrogens with one attached hydrogen (secondary N) is 2. The number of anilines is 2. The largest absolute Gasteiger partial charge is 0.382 e. The topological polar surface area (TPSA) is 75.9 Å². The zero-order valence-electron chi connectivity index (χ0n) is 5.70. The number of nitrogens with zero attached hydrogens (tertiary/aromatic N) is 2. The van der Waals surface area contributed by atoms with E-state index in [1.807, 2.05) is 6.08 Å². The molecule has 0 spiro atoms. The van der Waals surface area contributed by atoms with Gasteiger partial charge in [-0.2, -0.15) is 0 Å². The van der Waals surface area contributed by atoms with Crippen LogP contribution in [0.25, 0.3) is 6.08 Å². The first-order valence-electron chi connectivity index (χ1n) is 3.16. The molecule has 11 heavy (non-hydrogen) atoms. The van der Waals surface area contributed by atoms with Crippen LogP contribution in [0.15, 0.2) is 12.5 Å². The number of fused-ring (bicyclic) bond motifs is 1. The van der Waals surface area contributed by atoms with E-state index in [4.69, 9.17) is 5.73 Å². The summed E-state index contributed by atoms with van der Waals surface area (Å²) in [6, 6.07) is 0. The van der Waals surface area contributed by atoms with E-state index in [0.29, 0.717) is 5.82 Å². The van der Waals surface area contributed by atoms with Crippen molar-refractivity contribution in [3.05, 3.63) is 18.2 Å². The summed E-state index contributed by atoms with van der Waals surface area (Å²) in [6.07, 6.45) is 5.00. The Hall–Kier alpha value is -1.78. The molecule has 0 aromatic carbocycles. The monoisotopic (exact) mass is 149 g/mol. The molecule has 5 heteroatoms. The third-order valence-electron chi connectivity index (χ3n) is 1.43. The van der Waals surface area contributed by atoms with E-state index < -0.39 is 0 Å². The molecule has 56 valence electrons. The van der Waals surface area contributed by atoms with E-state index in [-0.39, 0.29) is 0 Å². The van der Waals surface area contributed by atoms with Crippen molar-refractivity contribution in [3.63, 3.8) is 0 Å². The lowest BCUT2D eigenvalue weighted by atomic mass is 10.3. The zero-order valence-corrected chi connectivity index (χ0v) is 5.70. The summed E-state index contributed by atoms with van der Waals surface area (Å²) in [7, 11) is 0. The normalized spacial score (nSPS) is 13.1. The Morgan fingerprint density at radius 3 is 3.09 bits per heavy atom. The van der Waals surface area contributed by atoms with Crippen molar-refractivity contribution in [1.82, 2.24) is 15.4 Å². The first-order chi connectivity index (χ1) is 5.38. The first kappa shape index (κ1) is 5.96. The van der Waals surface area contributed by atoms with Crippen LogP contribution in [-0.4, -0.2) is 9.97 Å². The lowest BCUT2D eigenvalue weighted by Crippen LogP contribution is -2.20. The maximum Gasteiger partial charge on any atom is 0.152 e. The van der Waals surface area contributed by atoms with Gasteiger partial charge in [0, 0.05) is 6.20 Å². The van der Waals surface area contributed by atoms with Gasteiger partial charge in [0.25, 0.3) is 0 Å². The summed E-state index contributed by atoms with van der Waals surface area (Å²) in [5, 5.41) is 0. The van der Waals surface area contributed by atoms with Gasteiger partial charge in [-0.15, -0.1) is 0 Å². The number of hydrogen-bond acceptors (Lipinski definition) is 5. The fraction of sp³-hybridized carbons (Fsp3) is 0. The number of nitrogens with two attached hydrogens (primary N) is 1. The highest BCUT2D eigenvalue weighted by molar-refractivity contribution is 5.74. The van der Waals surface area contributed by atoms with Crippen molar-refractivity contribution in [2.45, 2.75) is 0 Å². The molecule has 4 N–H and O–H groups in total. The Bertz CT molecular complexity index is 306. The molecular formula is C6H7N5. The smallest absolute Gasteiger partial charge is 0.152 e. The predicted molar refractivity (Wildman–Crippen MR) is 42.2 cm³/mol. The van der Waals surface area contributed by atoms with Crippen LogP contribution in [0.4, 0.5) is 11.5 Å². The van der Waals surface area contributed by atoms with Gasteiger partial charge >= 0.3 is 0 Å². The van der Waals surface area contributed by atoms with Crippen LogP contribution in [0, 0.1) is 0 Å². The molecule has 0 saturated carbocycles. The zero-order chi connectivity index (χ0) is 7.68. The third kappa shape index (κ3) is 0.861. The van der Waals surface area contributed by atoms with E-state index in [0.717, 1.165) is 11.4 Å². The lowest BCUT2D eigenvalue weighted by Gasteiger charge is -2.13. The van der Waals surface area contributed by atoms with Crippen LogP contribution < -0.4 is 16.6 Å². The van der Waals surface area contributed by atoms with Gasteiger partial charge in [-0.1, -0.05) is 0 Å². The van der Waals surface area contributed by atoms with Crippen LogP contribution >= 0.6 is 0 Å². The first-order valence-corrected chi connectivity index (χ1v) is 3.16. The summed E-state index contributed by atoms with van der Waals surface area (Å²) in [5.41, 5.74) is 12.7. The fourth-order valence-corrected chi connectivity index (χ4v) is 0.902. The average Bonchev–Trinajstić information content (AvgIpc) is 2.06. The summed E-state index contributed by atoms with van der Waals surface area (Å²) in [4.78, 5) is 7.82. The molecule has 0 radical (unpaired) electrons. The number of hydrogen-bond donors (Lipinski definition) is 3. The molecule has 1 aromatic rings. The Morgan fingerprint density at radius 2 is 2.27 bits per heavy atom. The second-order valence-electron chi connectivity index (χ2n) is 2.12. The number of rotatable bonds is 0. The molecule has 1 aromatic heterocycles. The van der Waals surface area contributed by atoms with Crippen molar-refractivity contribution >= 4 is 17.6 Å². The van der Waals surface area contributed by atoms with Gasteiger partial charge in [0.15, 0.2) is 5.82 Å². The highest BCUT2D eigenvalue weighted by atomic mass is 15.4. The van der Waals surface area contributed by atoms with Gasteiger partial charge in [-0.25, -0.2) is 9.97 Å². The average molecular weight is 149 g/mol. The van der Waals surface area contributed by atoms with E-state index in [1.165, 1.54) is 6.33 Å². The molecule has 1 aliphatic heterocycles. The Balaban J connectivity index is 2.60. The minimum atomic E-state index is 0.451. The molecule has 0 amide bonds. The van der Waals surface area contributed by atoms with Gasteiger partial charge < -0.3 is 11.2 Å². The van der Waals surface area contributed by atoms with E-state index in [9.17, 15) is 0 Å².